The molecule has 6 rings (SSSR count). The van der Waals surface area contributed by atoms with Gasteiger partial charge in [0.05, 0.1) is 11.5 Å². The summed E-state index contributed by atoms with van der Waals surface area (Å²) < 4.78 is 60.1. The second-order valence-electron chi connectivity index (χ2n) is 20.2. The fourth-order valence-corrected chi connectivity index (χ4v) is 9.16. The summed E-state index contributed by atoms with van der Waals surface area (Å²) in [5.41, 5.74) is 5.44. The van der Waals surface area contributed by atoms with E-state index in [-0.39, 0.29) is 29.2 Å². The summed E-state index contributed by atoms with van der Waals surface area (Å²) >= 11 is 0.909. The third kappa shape index (κ3) is 16.0. The zero-order chi connectivity index (χ0) is 54.9. The molecule has 404 valence electrons. The molecule has 0 spiro atoms. The largest absolute Gasteiger partial charge is 0.489 e. The number of aromatic nitrogens is 1. The summed E-state index contributed by atoms with van der Waals surface area (Å²) in [5, 5.41) is 17.6. The number of nitrogens with zero attached hydrogens (tertiary/aromatic N) is 5. The molecule has 3 aromatic carbocycles. The highest BCUT2D eigenvalue weighted by Crippen LogP contribution is 2.41. The minimum Gasteiger partial charge on any atom is -0.489 e. The Bertz CT molecular complexity index is 2810. The van der Waals surface area contributed by atoms with E-state index in [1.807, 2.05) is 28.0 Å². The Hall–Kier alpha value is -6.99. The van der Waals surface area contributed by atoms with E-state index in [0.29, 0.717) is 61.1 Å². The van der Waals surface area contributed by atoms with Crippen LogP contribution in [0.1, 0.15) is 109 Å². The summed E-state index contributed by atoms with van der Waals surface area (Å²) in [6, 6.07) is 23.3. The van der Waals surface area contributed by atoms with Gasteiger partial charge in [-0.1, -0.05) is 71.9 Å². The molecule has 0 unspecified atom stereocenters. The molecule has 2 atom stereocenters. The fourth-order valence-electron chi connectivity index (χ4n) is 8.02. The molecule has 24 heteroatoms. The molecular weight excluding hydrogens is 1010 g/mol. The van der Waals surface area contributed by atoms with Gasteiger partial charge < -0.3 is 39.3 Å². The van der Waals surface area contributed by atoms with Gasteiger partial charge in [0.25, 0.3) is 12.0 Å². The van der Waals surface area contributed by atoms with Gasteiger partial charge in [0.2, 0.25) is 0 Å². The van der Waals surface area contributed by atoms with Crippen molar-refractivity contribution in [3.05, 3.63) is 112 Å². The normalized spacial score (nSPS) is 15.9. The number of β-lactam (4-membered cyclic amide) rings is 1. The molecule has 2 amide bonds. The SMILES string of the molecule is CC(C)(C)OC(=O)CCCN(CCN)C(=N)N1Cc2ccc(OC[C@H](O/N=C(\C(=O)C[C@@H]3C(=O)N(OS(=O)(=O)O)C3(C)C)c3csc(NC(=O)OC(C)(C)C)n3)C(=O)OC(c3ccccc3)c3ccccc3)cc2C1. The number of nitrogens with one attached hydrogen (secondary N) is 2. The highest BCUT2D eigenvalue weighted by Gasteiger charge is 2.57. The molecule has 2 aliphatic heterocycles. The number of anilines is 1. The number of thiazole rings is 1. The van der Waals surface area contributed by atoms with Crippen LogP contribution < -0.4 is 15.8 Å². The first-order chi connectivity index (χ1) is 35.2. The van der Waals surface area contributed by atoms with Crippen LogP contribution in [0.25, 0.3) is 0 Å². The van der Waals surface area contributed by atoms with Gasteiger partial charge in [-0.3, -0.25) is 29.7 Å². The van der Waals surface area contributed by atoms with E-state index < -0.39 is 87.8 Å². The molecule has 0 saturated carbocycles. The lowest BCUT2D eigenvalue weighted by Crippen LogP contribution is -2.68. The van der Waals surface area contributed by atoms with Crippen LogP contribution in [0, 0.1) is 11.3 Å². The molecule has 4 aromatic rings. The summed E-state index contributed by atoms with van der Waals surface area (Å²) in [6.45, 7) is 14.6. The first-order valence-corrected chi connectivity index (χ1v) is 26.2. The Kier molecular flexibility index (Phi) is 18.4. The molecule has 1 fully saturated rings. The first kappa shape index (κ1) is 57.3. The van der Waals surface area contributed by atoms with Crippen LogP contribution in [0.15, 0.2) is 89.4 Å². The van der Waals surface area contributed by atoms with Crippen LogP contribution >= 0.6 is 11.3 Å². The Morgan fingerprint density at radius 3 is 2.16 bits per heavy atom. The first-order valence-electron chi connectivity index (χ1n) is 24.0. The number of ketones is 1. The Labute approximate surface area is 439 Å². The minimum absolute atomic E-state index is 0.00372. The summed E-state index contributed by atoms with van der Waals surface area (Å²) in [4.78, 5) is 81.2. The van der Waals surface area contributed by atoms with Crippen LogP contribution in [0.3, 0.4) is 0 Å². The van der Waals surface area contributed by atoms with Crippen LogP contribution in [0.4, 0.5) is 9.93 Å². The number of hydrogen-bond acceptors (Lipinski definition) is 18. The van der Waals surface area contributed by atoms with Gasteiger partial charge >= 0.3 is 28.4 Å². The van der Waals surface area contributed by atoms with E-state index in [4.69, 9.17) is 34.9 Å². The minimum atomic E-state index is -5.10. The van der Waals surface area contributed by atoms with E-state index in [2.05, 4.69) is 19.7 Å². The van der Waals surface area contributed by atoms with Crippen LogP contribution in [-0.2, 0) is 66.0 Å². The lowest BCUT2D eigenvalue weighted by atomic mass is 9.74. The number of fused-ring (bicyclic) bond motifs is 1. The number of ether oxygens (including phenoxy) is 4. The van der Waals surface area contributed by atoms with Gasteiger partial charge in [-0.15, -0.1) is 15.6 Å². The number of hydroxylamine groups is 2. The fraction of sp³-hybridized carbons (Fsp3) is 0.451. The third-order valence-electron chi connectivity index (χ3n) is 11.6. The summed E-state index contributed by atoms with van der Waals surface area (Å²) in [6.07, 6.45) is -3.40. The van der Waals surface area contributed by atoms with Crippen molar-refractivity contribution in [3.8, 4) is 5.75 Å². The van der Waals surface area contributed by atoms with Crippen molar-refractivity contribution in [1.82, 2.24) is 19.8 Å². The Morgan fingerprint density at radius 2 is 1.57 bits per heavy atom. The third-order valence-corrected chi connectivity index (χ3v) is 12.6. The quantitative estimate of drug-likeness (QED) is 0.0123. The number of amides is 2. The van der Waals surface area contributed by atoms with Gasteiger partial charge in [-0.2, -0.15) is 13.5 Å². The lowest BCUT2D eigenvalue weighted by molar-refractivity contribution is -0.228. The highest BCUT2D eigenvalue weighted by molar-refractivity contribution is 7.80. The number of rotatable bonds is 22. The molecule has 5 N–H and O–H groups in total. The van der Waals surface area contributed by atoms with Crippen LogP contribution in [0.5, 0.6) is 5.75 Å². The lowest BCUT2D eigenvalue weighted by Gasteiger charge is -2.50. The molecule has 22 nitrogen and oxygen atoms in total. The number of guanidine groups is 1. The maximum Gasteiger partial charge on any atom is 0.418 e. The predicted molar refractivity (Wildman–Crippen MR) is 275 cm³/mol. The van der Waals surface area contributed by atoms with Crippen molar-refractivity contribution in [2.45, 2.75) is 117 Å². The monoisotopic (exact) mass is 1080 g/mol. The molecule has 75 heavy (non-hydrogen) atoms. The Balaban J connectivity index is 1.27. The number of Topliss-reactive ketones (excluding diaryl/α,β-unsaturated/α-hetero) is 1. The van der Waals surface area contributed by atoms with E-state index >= 15 is 0 Å². The van der Waals surface area contributed by atoms with E-state index in [1.165, 1.54) is 19.2 Å². The number of hydrogen-bond donors (Lipinski definition) is 4. The predicted octanol–water partition coefficient (Wildman–Crippen LogP) is 6.55. The van der Waals surface area contributed by atoms with Crippen molar-refractivity contribution in [1.29, 1.82) is 5.41 Å². The number of benzene rings is 3. The van der Waals surface area contributed by atoms with Crippen molar-refractivity contribution in [2.75, 3.05) is 31.6 Å². The number of esters is 2. The van der Waals surface area contributed by atoms with Gasteiger partial charge in [0.15, 0.2) is 28.7 Å². The summed E-state index contributed by atoms with van der Waals surface area (Å²) in [5.74, 6) is -3.69. The molecule has 1 aromatic heterocycles. The van der Waals surface area contributed by atoms with E-state index in [1.54, 1.807) is 102 Å². The van der Waals surface area contributed by atoms with Gasteiger partial charge in [0, 0.05) is 50.9 Å². The topological polar surface area (TPSA) is 292 Å². The molecule has 0 bridgehead atoms. The zero-order valence-corrected chi connectivity index (χ0v) is 44.7. The molecule has 2 aliphatic rings. The standard InChI is InChI=1S/C51H64N8O14S2/c1-49(2,3)70-41(61)20-15-24-57(25-23-52)46(53)58-28-34-21-22-36(26-35(34)29-58)68-30-40(45(63)69-43(32-16-11-9-12-17-32)33-18-13-10-14-19-33)72-56-42(38-31-74-47(54-38)55-48(64)71-50(4,5)6)39(60)27-37-44(62)59(51(37,7)8)73-75(65,66)67/h9-14,16-19,21-22,26,31,37,40,43,53H,15,20,23-25,27-30,52H2,1-8H3,(H,54,55,64)(H,65,66,67)/b53-46?,56-42-/t37-,40+/m1/s1. The maximum absolute atomic E-state index is 14.5. The van der Waals surface area contributed by atoms with E-state index in [9.17, 15) is 36.9 Å². The Morgan fingerprint density at radius 1 is 0.947 bits per heavy atom. The number of nitrogens with two attached hydrogens (primary N) is 1. The highest BCUT2D eigenvalue weighted by atomic mass is 32.3. The van der Waals surface area contributed by atoms with Crippen molar-refractivity contribution < 1.29 is 65.0 Å². The number of carbonyl (C=O) groups is 5. The van der Waals surface area contributed by atoms with Crippen LogP contribution in [-0.4, -0.2) is 123 Å². The average Bonchev–Trinajstić information content (AvgIpc) is 3.98. The molecule has 0 radical (unpaired) electrons. The molecule has 1 saturated heterocycles. The second-order valence-corrected chi connectivity index (χ2v) is 22.1. The van der Waals surface area contributed by atoms with Crippen LogP contribution in [0.2, 0.25) is 0 Å². The van der Waals surface area contributed by atoms with E-state index in [0.717, 1.165) is 22.5 Å². The molecule has 3 heterocycles. The van der Waals surface area contributed by atoms with Gasteiger partial charge in [-0.05, 0) is 96.2 Å². The van der Waals surface area contributed by atoms with Crippen molar-refractivity contribution in [3.63, 3.8) is 0 Å². The van der Waals surface area contributed by atoms with Gasteiger partial charge in [0.1, 0.15) is 29.3 Å². The number of carbonyl (C=O) groups excluding carboxylic acids is 5. The van der Waals surface area contributed by atoms with Crippen molar-refractivity contribution >= 4 is 68.3 Å². The van der Waals surface area contributed by atoms with Crippen molar-refractivity contribution in [2.24, 2.45) is 16.8 Å². The smallest absolute Gasteiger partial charge is 0.418 e. The summed E-state index contributed by atoms with van der Waals surface area (Å²) in [7, 11) is -5.10. The zero-order valence-electron chi connectivity index (χ0n) is 43.1. The second kappa shape index (κ2) is 24.1. The van der Waals surface area contributed by atoms with Gasteiger partial charge in [-0.25, -0.2) is 14.6 Å². The maximum atomic E-state index is 14.5. The average molecular weight is 1080 g/mol. The number of oxime groups is 1. The molecule has 0 aliphatic carbocycles. The molecular formula is C51H64N8O14S2.